The Kier molecular flexibility index (Phi) is 258. The molecule has 0 amide bonds. The molecule has 0 N–H and O–H groups in total. The number of hydrogen-bond acceptors (Lipinski definition) is 0. The minimum absolute atomic E-state index is 0. The van der Waals surface area contributed by atoms with E-state index in [1.165, 1.54) is 0 Å². The summed E-state index contributed by atoms with van der Waals surface area (Å²) in [5.41, 5.74) is 0. The van der Waals surface area contributed by atoms with Gasteiger partial charge < -0.3 is 0 Å². The van der Waals surface area contributed by atoms with Crippen LogP contribution in [0.2, 0.25) is 0 Å². The van der Waals surface area contributed by atoms with Gasteiger partial charge in [0.25, 0.3) is 0 Å². The quantitative estimate of drug-likeness (QED) is 0.445. The zero-order valence-electron chi connectivity index (χ0n) is 2.45. The second-order valence-corrected chi connectivity index (χ2v) is 0. The monoisotopic (exact) mass is 277 g/mol. The van der Waals surface area contributed by atoms with Crippen LogP contribution in [0.1, 0.15) is 0 Å². The van der Waals surface area contributed by atoms with E-state index < -0.39 is 0 Å². The first-order valence-electron chi connectivity index (χ1n) is 0.316. The molecule has 43 valence electrons. The summed E-state index contributed by atoms with van der Waals surface area (Å²) in [6.07, 6.45) is 0. The molecule has 0 aliphatic carbocycles. The van der Waals surface area contributed by atoms with E-state index in [-0.39, 0.29) is 74.3 Å². The van der Waals surface area contributed by atoms with Crippen molar-refractivity contribution in [3.63, 3.8) is 0 Å². The van der Waals surface area contributed by atoms with Gasteiger partial charge in [0.15, 0.2) is 0 Å². The first-order valence-corrected chi connectivity index (χ1v) is 3.91. The predicted molar refractivity (Wildman–Crippen MR) is 18.5 cm³/mol. The standard InChI is InChI=1S/2Cr.Mg.2Ni.H3Si.2H/h;;;;;1H3;;. The zero-order valence-corrected chi connectivity index (χ0v) is 8.97. The van der Waals surface area contributed by atoms with Crippen molar-refractivity contribution in [2.24, 2.45) is 0 Å². The van der Waals surface area contributed by atoms with E-state index in [0.29, 0.717) is 0 Å². The molecule has 0 atom stereocenters. The van der Waals surface area contributed by atoms with Gasteiger partial charge in [-0.15, -0.1) is 0 Å². The van der Waals surface area contributed by atoms with Crippen LogP contribution in [-0.4, -0.2) is 32.0 Å². The van der Waals surface area contributed by atoms with Crippen molar-refractivity contribution in [2.75, 3.05) is 0 Å². The van der Waals surface area contributed by atoms with Crippen molar-refractivity contribution in [1.29, 1.82) is 0 Å². The molecule has 0 aliphatic rings. The van der Waals surface area contributed by atoms with Gasteiger partial charge in [-0.05, 0) is 0 Å². The summed E-state index contributed by atoms with van der Waals surface area (Å²) in [4.78, 5) is 0. The van der Waals surface area contributed by atoms with E-state index in [2.05, 4.69) is 14.8 Å². The van der Waals surface area contributed by atoms with Gasteiger partial charge in [0, 0.05) is 51.2 Å². The van der Waals surface area contributed by atoms with Crippen molar-refractivity contribution < 1.29 is 66.1 Å². The fraction of sp³-hybridized carbons (Fsp3) is 0. The molecule has 6 heteroatoms. The van der Waals surface area contributed by atoms with Crippen molar-refractivity contribution >= 4 is 32.0 Å². The van der Waals surface area contributed by atoms with Gasteiger partial charge >= 0.3 is 46.8 Å². The van der Waals surface area contributed by atoms with Gasteiger partial charge in [-0.2, -0.15) is 0 Å². The molecule has 0 aliphatic heterocycles. The molecular formula is H5Cr2MgNi2Si. The van der Waals surface area contributed by atoms with Gasteiger partial charge in [0.05, 0.1) is 0 Å². The topological polar surface area (TPSA) is 0 Å². The van der Waals surface area contributed by atoms with E-state index in [9.17, 15) is 0 Å². The maximum atomic E-state index is 4.01. The molecular weight excluding hydrogens is 274 g/mol. The third-order valence-electron chi connectivity index (χ3n) is 0. The first-order chi connectivity index (χ1) is 1.00. The molecule has 0 aromatic carbocycles. The number of rotatable bonds is 0. The summed E-state index contributed by atoms with van der Waals surface area (Å²) in [6.45, 7) is 0. The van der Waals surface area contributed by atoms with Crippen LogP contribution < -0.4 is 0 Å². The third kappa shape index (κ3) is 27.8. The average Bonchev–Trinajstić information content (AvgIpc) is 1.00. The van der Waals surface area contributed by atoms with Gasteiger partial charge in [-0.3, -0.25) is 0 Å². The number of hydrogen-bond donors (Lipinski definition) is 0. The summed E-state index contributed by atoms with van der Waals surface area (Å²) in [5.74, 6) is 0. The van der Waals surface area contributed by atoms with Crippen molar-refractivity contribution in [3.05, 3.63) is 0 Å². The summed E-state index contributed by atoms with van der Waals surface area (Å²) in [5, 5.41) is 0. The zero-order chi connectivity index (χ0) is 2.00. The molecule has 0 saturated carbocycles. The van der Waals surface area contributed by atoms with Crippen LogP contribution in [0.4, 0.5) is 0 Å². The molecule has 6 heavy (non-hydrogen) atoms. The Morgan fingerprint density at radius 1 is 1.00 bits per heavy atom. The normalized spacial score (nSPS) is 1.67. The SMILES string of the molecule is [Cr].[Cr].[MgH2].[Ni].[SiH3][Ni]. The second-order valence-electron chi connectivity index (χ2n) is 0. The minimum atomic E-state index is 0. The van der Waals surface area contributed by atoms with Gasteiger partial charge in [-0.25, -0.2) is 0 Å². The Balaban J connectivity index is -0.000000000833. The van der Waals surface area contributed by atoms with Crippen molar-refractivity contribution in [1.82, 2.24) is 0 Å². The van der Waals surface area contributed by atoms with Crippen molar-refractivity contribution in [3.8, 4) is 0 Å². The summed E-state index contributed by atoms with van der Waals surface area (Å²) < 4.78 is 0. The van der Waals surface area contributed by atoms with Crippen molar-refractivity contribution in [2.45, 2.75) is 0 Å². The third-order valence-corrected chi connectivity index (χ3v) is 0. The van der Waals surface area contributed by atoms with Gasteiger partial charge in [-0.1, -0.05) is 0 Å². The summed E-state index contributed by atoms with van der Waals surface area (Å²) in [6, 6.07) is 0. The molecule has 0 aromatic rings. The molecule has 0 radical (unpaired) electrons. The predicted octanol–water partition coefficient (Wildman–Crippen LogP) is -2.11. The maximum absolute atomic E-state index is 4.01. The summed E-state index contributed by atoms with van der Waals surface area (Å²) >= 11 is 4.01. The summed E-state index contributed by atoms with van der Waals surface area (Å²) in [7, 11) is 0.931. The van der Waals surface area contributed by atoms with Crippen LogP contribution in [0.15, 0.2) is 0 Å². The molecule has 0 aromatic heterocycles. The first kappa shape index (κ1) is 35.8. The Hall–Kier alpha value is 3.04. The van der Waals surface area contributed by atoms with Gasteiger partial charge in [0.1, 0.15) is 0 Å². The van der Waals surface area contributed by atoms with Crippen LogP contribution in [0.5, 0.6) is 0 Å². The van der Waals surface area contributed by atoms with Crippen LogP contribution in [0.3, 0.4) is 0 Å². The molecule has 0 unspecified atom stereocenters. The fourth-order valence-corrected chi connectivity index (χ4v) is 0. The van der Waals surface area contributed by atoms with Crippen LogP contribution in [0.25, 0.3) is 0 Å². The molecule has 0 saturated heterocycles. The van der Waals surface area contributed by atoms with Gasteiger partial charge in [0.2, 0.25) is 0 Å². The Labute approximate surface area is 96.6 Å². The molecule has 0 rings (SSSR count). The van der Waals surface area contributed by atoms with Crippen LogP contribution in [0, 0.1) is 0 Å². The Morgan fingerprint density at radius 3 is 1.00 bits per heavy atom. The molecule has 0 spiro atoms. The fourth-order valence-electron chi connectivity index (χ4n) is 0. The van der Waals surface area contributed by atoms with E-state index in [1.807, 2.05) is 0 Å². The van der Waals surface area contributed by atoms with Crippen LogP contribution >= 0.6 is 0 Å². The van der Waals surface area contributed by atoms with E-state index >= 15 is 0 Å². The Morgan fingerprint density at radius 2 is 1.00 bits per heavy atom. The van der Waals surface area contributed by atoms with E-state index in [0.717, 1.165) is 8.94 Å². The van der Waals surface area contributed by atoms with E-state index in [4.69, 9.17) is 0 Å². The van der Waals surface area contributed by atoms with Crippen LogP contribution in [-0.2, 0) is 66.1 Å². The molecule has 0 bridgehead atoms. The Bertz CT molecular complexity index is 11.5. The molecule has 0 heterocycles. The molecule has 0 fully saturated rings. The second kappa shape index (κ2) is 43.2. The molecule has 0 nitrogen and oxygen atoms in total. The van der Waals surface area contributed by atoms with E-state index in [1.54, 1.807) is 0 Å². The average molecular weight is 279 g/mol.